The Morgan fingerprint density at radius 2 is 1.87 bits per heavy atom. The van der Waals surface area contributed by atoms with Crippen molar-refractivity contribution in [1.82, 2.24) is 19.7 Å². The minimum atomic E-state index is -0.451. The van der Waals surface area contributed by atoms with Gasteiger partial charge in [0.1, 0.15) is 18.0 Å². The van der Waals surface area contributed by atoms with Gasteiger partial charge in [0, 0.05) is 47.9 Å². The first-order chi connectivity index (χ1) is 18.3. The Hall–Kier alpha value is -3.87. The maximum Gasteiger partial charge on any atom is 0.410 e. The third-order valence-electron chi connectivity index (χ3n) is 8.15. The molecule has 4 aromatic rings. The molecule has 0 radical (unpaired) electrons. The summed E-state index contributed by atoms with van der Waals surface area (Å²) in [5.74, 6) is 0.816. The molecule has 196 valence electrons. The van der Waals surface area contributed by atoms with E-state index in [1.807, 2.05) is 68.3 Å². The molecule has 0 saturated carbocycles. The summed E-state index contributed by atoms with van der Waals surface area (Å²) in [7, 11) is 0. The molecule has 6 rings (SSSR count). The number of likely N-dealkylation sites (tertiary alicyclic amines) is 1. The molecule has 1 unspecified atom stereocenters. The molecule has 38 heavy (non-hydrogen) atoms. The Labute approximate surface area is 223 Å². The van der Waals surface area contributed by atoms with Crippen LogP contribution in [0.2, 0.25) is 0 Å². The van der Waals surface area contributed by atoms with Crippen molar-refractivity contribution in [3.8, 4) is 17.0 Å². The molecular formula is C31H34N4O3. The second kappa shape index (κ2) is 9.46. The highest BCUT2D eigenvalue weighted by atomic mass is 16.6. The number of aromatic nitrogens is 3. The summed E-state index contributed by atoms with van der Waals surface area (Å²) in [5.41, 5.74) is 4.64. The zero-order valence-corrected chi connectivity index (χ0v) is 22.3. The molecule has 1 saturated heterocycles. The Balaban J connectivity index is 1.21. The summed E-state index contributed by atoms with van der Waals surface area (Å²) in [6.45, 7) is 8.73. The molecule has 0 N–H and O–H groups in total. The molecular weight excluding hydrogens is 476 g/mol. The highest BCUT2D eigenvalue weighted by Crippen LogP contribution is 2.44. The molecule has 1 spiro atoms. The number of carbonyl (C=O) groups is 1. The van der Waals surface area contributed by atoms with Crippen molar-refractivity contribution in [1.29, 1.82) is 0 Å². The minimum absolute atomic E-state index is 0.0661. The van der Waals surface area contributed by atoms with Gasteiger partial charge in [0.2, 0.25) is 0 Å². The van der Waals surface area contributed by atoms with E-state index in [9.17, 15) is 4.79 Å². The number of rotatable bonds is 6. The molecule has 0 bridgehead atoms. The third-order valence-corrected chi connectivity index (χ3v) is 8.15. The fourth-order valence-corrected chi connectivity index (χ4v) is 5.50. The normalized spacial score (nSPS) is 18.8. The van der Waals surface area contributed by atoms with Crippen LogP contribution in [0.1, 0.15) is 51.3 Å². The molecule has 1 atom stereocenters. The highest BCUT2D eigenvalue weighted by Gasteiger charge is 2.47. The van der Waals surface area contributed by atoms with Crippen molar-refractivity contribution >= 4 is 17.0 Å². The zero-order valence-electron chi connectivity index (χ0n) is 22.3. The number of benzene rings is 2. The largest absolute Gasteiger partial charge is 0.489 e. The number of fused-ring (bicyclic) bond motifs is 3. The van der Waals surface area contributed by atoms with Crippen molar-refractivity contribution in [2.45, 2.75) is 64.2 Å². The molecule has 1 fully saturated rings. The van der Waals surface area contributed by atoms with Crippen LogP contribution >= 0.6 is 0 Å². The first kappa shape index (κ1) is 24.5. The number of carbonyl (C=O) groups excluding carboxylic acids is 1. The Morgan fingerprint density at radius 3 is 2.68 bits per heavy atom. The van der Waals surface area contributed by atoms with E-state index in [0.29, 0.717) is 19.7 Å². The first-order valence-corrected chi connectivity index (χ1v) is 13.5. The average molecular weight is 511 g/mol. The Morgan fingerprint density at radius 1 is 1.05 bits per heavy atom. The van der Waals surface area contributed by atoms with E-state index in [0.717, 1.165) is 59.3 Å². The minimum Gasteiger partial charge on any atom is -0.489 e. The van der Waals surface area contributed by atoms with Crippen LogP contribution in [0.15, 0.2) is 66.9 Å². The van der Waals surface area contributed by atoms with Crippen molar-refractivity contribution in [3.05, 3.63) is 78.1 Å². The maximum absolute atomic E-state index is 12.8. The van der Waals surface area contributed by atoms with Gasteiger partial charge in [0.05, 0.1) is 11.2 Å². The van der Waals surface area contributed by atoms with Gasteiger partial charge < -0.3 is 14.4 Å². The summed E-state index contributed by atoms with van der Waals surface area (Å²) < 4.78 is 13.9. The smallest absolute Gasteiger partial charge is 0.410 e. The lowest BCUT2D eigenvalue weighted by atomic mass is 9.82. The lowest BCUT2D eigenvalue weighted by Crippen LogP contribution is -2.38. The number of amides is 1. The summed E-state index contributed by atoms with van der Waals surface area (Å²) in [4.78, 5) is 19.4. The van der Waals surface area contributed by atoms with E-state index in [4.69, 9.17) is 19.6 Å². The molecule has 1 amide bonds. The van der Waals surface area contributed by atoms with Crippen molar-refractivity contribution in [3.63, 3.8) is 0 Å². The SMILES string of the molecule is CCC(C)(C)OC(=O)N1CCC2(CCn3nc(-c4cnc5ccc(OCc6ccccc6)cc5c4)cc32)C1. The number of aryl methyl sites for hydroxylation is 1. The topological polar surface area (TPSA) is 69.5 Å². The fourth-order valence-electron chi connectivity index (χ4n) is 5.50. The van der Waals surface area contributed by atoms with Gasteiger partial charge in [-0.15, -0.1) is 0 Å². The van der Waals surface area contributed by atoms with Gasteiger partial charge in [-0.3, -0.25) is 9.67 Å². The van der Waals surface area contributed by atoms with E-state index in [1.165, 1.54) is 5.69 Å². The van der Waals surface area contributed by atoms with Crippen LogP contribution in [0.3, 0.4) is 0 Å². The van der Waals surface area contributed by atoms with Gasteiger partial charge in [0.25, 0.3) is 0 Å². The molecule has 2 aromatic carbocycles. The Kier molecular flexibility index (Phi) is 6.09. The summed E-state index contributed by atoms with van der Waals surface area (Å²) in [6, 6.07) is 20.5. The number of hydrogen-bond donors (Lipinski definition) is 0. The molecule has 7 nitrogen and oxygen atoms in total. The average Bonchev–Trinajstić information content (AvgIpc) is 3.64. The fraction of sp³-hybridized carbons (Fsp3) is 0.387. The van der Waals surface area contributed by atoms with Gasteiger partial charge in [-0.1, -0.05) is 37.3 Å². The zero-order chi connectivity index (χ0) is 26.3. The predicted molar refractivity (Wildman–Crippen MR) is 147 cm³/mol. The number of nitrogens with zero attached hydrogens (tertiary/aromatic N) is 4. The monoisotopic (exact) mass is 510 g/mol. The van der Waals surface area contributed by atoms with Gasteiger partial charge in [-0.25, -0.2) is 4.79 Å². The van der Waals surface area contributed by atoms with Crippen molar-refractivity contribution < 1.29 is 14.3 Å². The molecule has 0 aliphatic carbocycles. The third kappa shape index (κ3) is 4.62. The summed E-state index contributed by atoms with van der Waals surface area (Å²) >= 11 is 0. The predicted octanol–water partition coefficient (Wildman–Crippen LogP) is 6.35. The van der Waals surface area contributed by atoms with Gasteiger partial charge in [-0.2, -0.15) is 5.10 Å². The first-order valence-electron chi connectivity index (χ1n) is 13.5. The van der Waals surface area contributed by atoms with E-state index < -0.39 is 5.60 Å². The molecule has 7 heteroatoms. The Bertz CT molecular complexity index is 1480. The van der Waals surface area contributed by atoms with Crippen LogP contribution in [0.5, 0.6) is 5.75 Å². The van der Waals surface area contributed by atoms with Crippen LogP contribution in [0, 0.1) is 0 Å². The van der Waals surface area contributed by atoms with Crippen LogP contribution in [0.25, 0.3) is 22.2 Å². The van der Waals surface area contributed by atoms with E-state index >= 15 is 0 Å². The molecule has 2 aromatic heterocycles. The quantitative estimate of drug-likeness (QED) is 0.302. The van der Waals surface area contributed by atoms with E-state index in [-0.39, 0.29) is 11.5 Å². The lowest BCUT2D eigenvalue weighted by molar-refractivity contribution is 0.0144. The van der Waals surface area contributed by atoms with Crippen LogP contribution in [0.4, 0.5) is 4.79 Å². The second-order valence-corrected chi connectivity index (χ2v) is 11.2. The molecule has 4 heterocycles. The second-order valence-electron chi connectivity index (χ2n) is 11.2. The summed E-state index contributed by atoms with van der Waals surface area (Å²) in [5, 5.41) is 5.96. The van der Waals surface area contributed by atoms with Crippen LogP contribution in [-0.4, -0.2) is 44.4 Å². The van der Waals surface area contributed by atoms with Gasteiger partial charge >= 0.3 is 6.09 Å². The van der Waals surface area contributed by atoms with Crippen molar-refractivity contribution in [2.75, 3.05) is 13.1 Å². The van der Waals surface area contributed by atoms with Crippen LogP contribution < -0.4 is 4.74 Å². The number of pyridine rings is 1. The van der Waals surface area contributed by atoms with Gasteiger partial charge in [0.15, 0.2) is 0 Å². The summed E-state index contributed by atoms with van der Waals surface area (Å²) in [6.07, 6.45) is 4.39. The number of ether oxygens (including phenoxy) is 2. The number of hydrogen-bond acceptors (Lipinski definition) is 5. The molecule has 2 aliphatic heterocycles. The highest BCUT2D eigenvalue weighted by molar-refractivity contribution is 5.84. The van der Waals surface area contributed by atoms with Crippen molar-refractivity contribution in [2.24, 2.45) is 0 Å². The van der Waals surface area contributed by atoms with Crippen LogP contribution in [-0.2, 0) is 23.3 Å². The standard InChI is InChI=1S/C31H34N4O3/c1-4-30(2,3)38-29(36)34-14-12-31(21-34)13-15-35-28(31)18-27(33-35)24-16-23-17-25(10-11-26(23)32-19-24)37-20-22-8-6-5-7-9-22/h5-11,16-19H,4,12-15,20-21H2,1-3H3. The molecule has 2 aliphatic rings. The lowest BCUT2D eigenvalue weighted by Gasteiger charge is -2.28. The van der Waals surface area contributed by atoms with E-state index in [1.54, 1.807) is 0 Å². The van der Waals surface area contributed by atoms with E-state index in [2.05, 4.69) is 28.9 Å². The van der Waals surface area contributed by atoms with Gasteiger partial charge in [-0.05, 0) is 69.0 Å². The maximum atomic E-state index is 12.8.